The predicted molar refractivity (Wildman–Crippen MR) is 103 cm³/mol. The standard InChI is InChI=1S/C20H29N3O6/c1-10(2)17-20(27)28-12(4)15(21)18(25)23-14(8-13-6-5-7-22-9-13)16(24)11(3)19(26)29-17/h5-7,9-12,14-17,24H,8,21H2,1-4H3,(H,23,25). The molecule has 4 N–H and O–H groups in total. The van der Waals surface area contributed by atoms with Crippen molar-refractivity contribution in [1.29, 1.82) is 0 Å². The largest absolute Gasteiger partial charge is 0.458 e. The highest BCUT2D eigenvalue weighted by Crippen LogP contribution is 2.19. The molecule has 0 aromatic carbocycles. The number of rotatable bonds is 3. The van der Waals surface area contributed by atoms with Crippen molar-refractivity contribution in [3.05, 3.63) is 30.1 Å². The molecule has 0 bridgehead atoms. The molecule has 0 saturated carbocycles. The van der Waals surface area contributed by atoms with E-state index in [2.05, 4.69) is 10.3 Å². The number of nitrogens with two attached hydrogens (primary N) is 1. The number of carbonyl (C=O) groups is 3. The number of aliphatic hydroxyl groups is 1. The van der Waals surface area contributed by atoms with E-state index in [-0.39, 0.29) is 12.3 Å². The molecule has 0 radical (unpaired) electrons. The van der Waals surface area contributed by atoms with Crippen LogP contribution in [0.1, 0.15) is 33.3 Å². The Bertz CT molecular complexity index is 726. The molecule has 2 rings (SSSR count). The van der Waals surface area contributed by atoms with E-state index in [9.17, 15) is 19.5 Å². The second-order valence-corrected chi connectivity index (χ2v) is 7.73. The minimum absolute atomic E-state index is 0.229. The Hall–Kier alpha value is -2.52. The van der Waals surface area contributed by atoms with Crippen LogP contribution in [0.5, 0.6) is 0 Å². The molecule has 6 atom stereocenters. The Morgan fingerprint density at radius 2 is 1.90 bits per heavy atom. The highest BCUT2D eigenvalue weighted by atomic mass is 16.6. The summed E-state index contributed by atoms with van der Waals surface area (Å²) in [6, 6.07) is 1.56. The van der Waals surface area contributed by atoms with Crippen LogP contribution in [0.15, 0.2) is 24.5 Å². The number of nitrogens with zero attached hydrogens (tertiary/aromatic N) is 1. The molecular formula is C20H29N3O6. The molecule has 1 amide bonds. The Labute approximate surface area is 170 Å². The first-order valence-corrected chi connectivity index (χ1v) is 9.65. The third-order valence-electron chi connectivity index (χ3n) is 4.99. The first-order chi connectivity index (χ1) is 13.6. The van der Waals surface area contributed by atoms with Gasteiger partial charge < -0.3 is 25.6 Å². The van der Waals surface area contributed by atoms with Gasteiger partial charge in [0.2, 0.25) is 12.0 Å². The number of aromatic nitrogens is 1. The maximum absolute atomic E-state index is 12.6. The van der Waals surface area contributed by atoms with Gasteiger partial charge in [0.1, 0.15) is 12.1 Å². The van der Waals surface area contributed by atoms with Crippen molar-refractivity contribution in [2.75, 3.05) is 0 Å². The number of hydrogen-bond acceptors (Lipinski definition) is 8. The van der Waals surface area contributed by atoms with E-state index in [1.807, 2.05) is 0 Å². The number of nitrogens with one attached hydrogen (secondary N) is 1. The Balaban J connectivity index is 2.35. The molecule has 1 fully saturated rings. The lowest BCUT2D eigenvalue weighted by molar-refractivity contribution is -0.180. The van der Waals surface area contributed by atoms with Gasteiger partial charge in [0.05, 0.1) is 18.1 Å². The topological polar surface area (TPSA) is 141 Å². The first-order valence-electron chi connectivity index (χ1n) is 9.65. The van der Waals surface area contributed by atoms with E-state index < -0.39 is 54.2 Å². The molecule has 160 valence electrons. The number of aliphatic hydroxyl groups excluding tert-OH is 1. The van der Waals surface area contributed by atoms with E-state index >= 15 is 0 Å². The van der Waals surface area contributed by atoms with Crippen molar-refractivity contribution in [2.45, 2.75) is 64.5 Å². The van der Waals surface area contributed by atoms with Gasteiger partial charge in [-0.15, -0.1) is 0 Å². The van der Waals surface area contributed by atoms with Crippen molar-refractivity contribution >= 4 is 17.8 Å². The summed E-state index contributed by atoms with van der Waals surface area (Å²) in [6.07, 6.45) is 0.0700. The Morgan fingerprint density at radius 1 is 1.21 bits per heavy atom. The molecule has 0 spiro atoms. The van der Waals surface area contributed by atoms with Gasteiger partial charge in [-0.2, -0.15) is 0 Å². The summed E-state index contributed by atoms with van der Waals surface area (Å²) >= 11 is 0. The van der Waals surface area contributed by atoms with Crippen LogP contribution in [0.4, 0.5) is 0 Å². The molecule has 1 aliphatic heterocycles. The van der Waals surface area contributed by atoms with Crippen LogP contribution >= 0.6 is 0 Å². The monoisotopic (exact) mass is 407 g/mol. The molecule has 9 nitrogen and oxygen atoms in total. The van der Waals surface area contributed by atoms with Crippen molar-refractivity contribution in [2.24, 2.45) is 17.6 Å². The number of hydrogen-bond donors (Lipinski definition) is 3. The SMILES string of the molecule is CC(C)C1OC(=O)C(C)C(O)C(Cc2cccnc2)NC(=O)C(N)C(C)OC1=O. The lowest BCUT2D eigenvalue weighted by atomic mass is 9.92. The normalized spacial score (nSPS) is 31.9. The third kappa shape index (κ3) is 5.74. The summed E-state index contributed by atoms with van der Waals surface area (Å²) in [5.74, 6) is -3.49. The van der Waals surface area contributed by atoms with Crippen molar-refractivity contribution in [3.8, 4) is 0 Å². The average molecular weight is 407 g/mol. The van der Waals surface area contributed by atoms with Crippen molar-refractivity contribution in [3.63, 3.8) is 0 Å². The van der Waals surface area contributed by atoms with Gasteiger partial charge in [-0.05, 0) is 31.9 Å². The molecular weight excluding hydrogens is 378 g/mol. The van der Waals surface area contributed by atoms with Crippen LogP contribution in [0.2, 0.25) is 0 Å². The number of pyridine rings is 1. The summed E-state index contributed by atoms with van der Waals surface area (Å²) in [7, 11) is 0. The van der Waals surface area contributed by atoms with E-state index in [0.717, 1.165) is 5.56 Å². The van der Waals surface area contributed by atoms with Gasteiger partial charge in [-0.25, -0.2) is 4.79 Å². The minimum atomic E-state index is -1.27. The number of carbonyl (C=O) groups excluding carboxylic acids is 3. The number of ether oxygens (including phenoxy) is 2. The molecule has 1 aliphatic rings. The highest BCUT2D eigenvalue weighted by molar-refractivity contribution is 5.85. The minimum Gasteiger partial charge on any atom is -0.458 e. The van der Waals surface area contributed by atoms with Crippen LogP contribution in [-0.2, 0) is 30.3 Å². The van der Waals surface area contributed by atoms with Crippen LogP contribution in [0.3, 0.4) is 0 Å². The summed E-state index contributed by atoms with van der Waals surface area (Å²) in [5.41, 5.74) is 6.72. The summed E-state index contributed by atoms with van der Waals surface area (Å²) < 4.78 is 10.6. The van der Waals surface area contributed by atoms with Crippen molar-refractivity contribution < 1.29 is 29.0 Å². The van der Waals surface area contributed by atoms with E-state index in [1.165, 1.54) is 13.8 Å². The van der Waals surface area contributed by atoms with Gasteiger partial charge in [-0.3, -0.25) is 14.6 Å². The van der Waals surface area contributed by atoms with Gasteiger partial charge in [0.15, 0.2) is 0 Å². The van der Waals surface area contributed by atoms with E-state index in [1.54, 1.807) is 38.4 Å². The molecule has 9 heteroatoms. The Morgan fingerprint density at radius 3 is 2.48 bits per heavy atom. The molecule has 29 heavy (non-hydrogen) atoms. The van der Waals surface area contributed by atoms with Crippen LogP contribution in [0.25, 0.3) is 0 Å². The van der Waals surface area contributed by atoms with Gasteiger partial charge in [0.25, 0.3) is 0 Å². The van der Waals surface area contributed by atoms with E-state index in [0.29, 0.717) is 0 Å². The number of amides is 1. The van der Waals surface area contributed by atoms with Gasteiger partial charge in [0, 0.05) is 18.3 Å². The number of cyclic esters (lactones) is 2. The second-order valence-electron chi connectivity index (χ2n) is 7.73. The maximum atomic E-state index is 12.6. The maximum Gasteiger partial charge on any atom is 0.348 e. The molecule has 1 aromatic rings. The van der Waals surface area contributed by atoms with Crippen LogP contribution < -0.4 is 11.1 Å². The van der Waals surface area contributed by atoms with Crippen molar-refractivity contribution in [1.82, 2.24) is 10.3 Å². The summed E-state index contributed by atoms with van der Waals surface area (Å²) in [6.45, 7) is 6.37. The molecule has 2 heterocycles. The zero-order chi connectivity index (χ0) is 21.7. The van der Waals surface area contributed by atoms with E-state index in [4.69, 9.17) is 15.2 Å². The lowest BCUT2D eigenvalue weighted by Crippen LogP contribution is -2.57. The fourth-order valence-electron chi connectivity index (χ4n) is 3.02. The molecule has 1 saturated heterocycles. The van der Waals surface area contributed by atoms with Crippen LogP contribution in [0, 0.1) is 11.8 Å². The Kier molecular flexibility index (Phi) is 7.69. The van der Waals surface area contributed by atoms with Crippen LogP contribution in [-0.4, -0.2) is 58.3 Å². The fraction of sp³-hybridized carbons (Fsp3) is 0.600. The predicted octanol–water partition coefficient (Wildman–Crippen LogP) is -0.0537. The molecule has 1 aromatic heterocycles. The molecule has 0 aliphatic carbocycles. The molecule has 6 unspecified atom stereocenters. The quantitative estimate of drug-likeness (QED) is 0.592. The summed E-state index contributed by atoms with van der Waals surface area (Å²) in [4.78, 5) is 41.7. The number of esters is 2. The average Bonchev–Trinajstić information content (AvgIpc) is 2.69. The highest BCUT2D eigenvalue weighted by Gasteiger charge is 2.39. The fourth-order valence-corrected chi connectivity index (χ4v) is 3.02. The smallest absolute Gasteiger partial charge is 0.348 e. The zero-order valence-electron chi connectivity index (χ0n) is 17.1. The third-order valence-corrected chi connectivity index (χ3v) is 4.99. The first kappa shape index (κ1) is 22.8. The lowest BCUT2D eigenvalue weighted by Gasteiger charge is -2.32. The summed E-state index contributed by atoms with van der Waals surface area (Å²) in [5, 5.41) is 13.5. The van der Waals surface area contributed by atoms with Gasteiger partial charge >= 0.3 is 11.9 Å². The second kappa shape index (κ2) is 9.80. The van der Waals surface area contributed by atoms with Gasteiger partial charge in [-0.1, -0.05) is 19.9 Å². The zero-order valence-corrected chi connectivity index (χ0v) is 17.1.